The number of phenolic OH excluding ortho intramolecular Hbond substituents is 1. The first-order valence-corrected chi connectivity index (χ1v) is 4.67. The highest BCUT2D eigenvalue weighted by atomic mass is 16.3. The van der Waals surface area contributed by atoms with E-state index in [0.29, 0.717) is 11.5 Å². The number of aromatic nitrogens is 2. The van der Waals surface area contributed by atoms with Crippen molar-refractivity contribution in [2.24, 2.45) is 0 Å². The van der Waals surface area contributed by atoms with Crippen molar-refractivity contribution in [3.05, 3.63) is 18.2 Å². The highest BCUT2D eigenvalue weighted by molar-refractivity contribution is 5.83. The molecule has 0 radical (unpaired) electrons. The maximum atomic E-state index is 9.55. The number of para-hydroxylation sites is 1. The maximum Gasteiger partial charge on any atom is 0.201 e. The molecule has 1 heterocycles. The Bertz CT molecular complexity index is 462. The van der Waals surface area contributed by atoms with Gasteiger partial charge in [0.15, 0.2) is 0 Å². The molecule has 0 aliphatic carbocycles. The van der Waals surface area contributed by atoms with Gasteiger partial charge in [-0.15, -0.1) is 0 Å². The minimum Gasteiger partial charge on any atom is -0.506 e. The molecule has 74 valence electrons. The van der Waals surface area contributed by atoms with Crippen molar-refractivity contribution >= 4 is 17.0 Å². The molecule has 1 aromatic heterocycles. The Balaban J connectivity index is 2.70. The van der Waals surface area contributed by atoms with E-state index in [2.05, 4.69) is 11.9 Å². The van der Waals surface area contributed by atoms with Crippen LogP contribution < -0.4 is 5.73 Å². The molecular formula is C10H13N3O. The molecule has 2 aromatic rings. The third-order valence-electron chi connectivity index (χ3n) is 2.23. The van der Waals surface area contributed by atoms with Gasteiger partial charge < -0.3 is 15.4 Å². The van der Waals surface area contributed by atoms with E-state index in [-0.39, 0.29) is 5.75 Å². The number of hydrogen-bond acceptors (Lipinski definition) is 3. The van der Waals surface area contributed by atoms with Gasteiger partial charge in [-0.1, -0.05) is 13.0 Å². The summed E-state index contributed by atoms with van der Waals surface area (Å²) in [5.41, 5.74) is 7.22. The topological polar surface area (TPSA) is 64.1 Å². The van der Waals surface area contributed by atoms with Crippen LogP contribution in [0, 0.1) is 0 Å². The summed E-state index contributed by atoms with van der Waals surface area (Å²) in [6.07, 6.45) is 0.991. The van der Waals surface area contributed by atoms with E-state index in [1.165, 1.54) is 0 Å². The Labute approximate surface area is 82.0 Å². The minimum absolute atomic E-state index is 0.184. The van der Waals surface area contributed by atoms with Crippen molar-refractivity contribution < 1.29 is 5.11 Å². The van der Waals surface area contributed by atoms with Crippen LogP contribution in [0.2, 0.25) is 0 Å². The van der Waals surface area contributed by atoms with E-state index in [4.69, 9.17) is 5.73 Å². The van der Waals surface area contributed by atoms with Crippen LogP contribution in [0.1, 0.15) is 13.3 Å². The van der Waals surface area contributed by atoms with E-state index >= 15 is 0 Å². The van der Waals surface area contributed by atoms with Gasteiger partial charge in [-0.3, -0.25) is 0 Å². The lowest BCUT2D eigenvalue weighted by Crippen LogP contribution is -2.02. The average molecular weight is 191 g/mol. The summed E-state index contributed by atoms with van der Waals surface area (Å²) in [7, 11) is 0. The van der Waals surface area contributed by atoms with Crippen LogP contribution in [0.3, 0.4) is 0 Å². The number of benzene rings is 1. The van der Waals surface area contributed by atoms with Crippen LogP contribution in [0.5, 0.6) is 5.75 Å². The third-order valence-corrected chi connectivity index (χ3v) is 2.23. The van der Waals surface area contributed by atoms with Gasteiger partial charge in [0, 0.05) is 6.54 Å². The van der Waals surface area contributed by atoms with Crippen LogP contribution in [0.25, 0.3) is 11.0 Å². The van der Waals surface area contributed by atoms with E-state index in [9.17, 15) is 5.11 Å². The molecule has 3 N–H and O–H groups in total. The summed E-state index contributed by atoms with van der Waals surface area (Å²) in [5, 5.41) is 9.55. The summed E-state index contributed by atoms with van der Waals surface area (Å²) in [6, 6.07) is 5.32. The molecule has 0 aliphatic rings. The number of phenols is 1. The largest absolute Gasteiger partial charge is 0.506 e. The van der Waals surface area contributed by atoms with Crippen LogP contribution in [0.4, 0.5) is 5.95 Å². The summed E-state index contributed by atoms with van der Waals surface area (Å²) < 4.78 is 1.91. The normalized spacial score (nSPS) is 10.9. The number of rotatable bonds is 2. The molecular weight excluding hydrogens is 178 g/mol. The SMILES string of the molecule is CCCn1c(N)nc2c(O)cccc21. The van der Waals surface area contributed by atoms with E-state index < -0.39 is 0 Å². The monoisotopic (exact) mass is 191 g/mol. The zero-order valence-electron chi connectivity index (χ0n) is 8.07. The Kier molecular flexibility index (Phi) is 2.04. The van der Waals surface area contributed by atoms with Gasteiger partial charge in [-0.05, 0) is 18.6 Å². The quantitative estimate of drug-likeness (QED) is 0.759. The zero-order chi connectivity index (χ0) is 10.1. The molecule has 0 aliphatic heterocycles. The van der Waals surface area contributed by atoms with Crippen LogP contribution in [-0.2, 0) is 6.54 Å². The molecule has 0 atom stereocenters. The van der Waals surface area contributed by atoms with Crippen molar-refractivity contribution in [2.45, 2.75) is 19.9 Å². The Morgan fingerprint density at radius 3 is 3.00 bits per heavy atom. The standard InChI is InChI=1S/C10H13N3O/c1-2-6-13-7-4-3-5-8(14)9(7)12-10(13)11/h3-5,14H,2,6H2,1H3,(H2,11,12). The smallest absolute Gasteiger partial charge is 0.201 e. The van der Waals surface area contributed by atoms with Gasteiger partial charge in [0.25, 0.3) is 0 Å². The second-order valence-electron chi connectivity index (χ2n) is 3.27. The van der Waals surface area contributed by atoms with Crippen molar-refractivity contribution in [1.82, 2.24) is 9.55 Å². The number of aryl methyl sites for hydroxylation is 1. The fraction of sp³-hybridized carbons (Fsp3) is 0.300. The molecule has 0 fully saturated rings. The second kappa shape index (κ2) is 3.21. The Hall–Kier alpha value is -1.71. The third kappa shape index (κ3) is 1.19. The Morgan fingerprint density at radius 2 is 2.29 bits per heavy atom. The maximum absolute atomic E-state index is 9.55. The molecule has 0 saturated carbocycles. The number of nitrogens with two attached hydrogens (primary N) is 1. The number of nitrogens with zero attached hydrogens (tertiary/aromatic N) is 2. The Morgan fingerprint density at radius 1 is 1.50 bits per heavy atom. The molecule has 0 bridgehead atoms. The predicted octanol–water partition coefficient (Wildman–Crippen LogP) is 1.73. The van der Waals surface area contributed by atoms with Gasteiger partial charge in [0.1, 0.15) is 11.3 Å². The second-order valence-corrected chi connectivity index (χ2v) is 3.27. The molecule has 0 amide bonds. The number of hydrogen-bond donors (Lipinski definition) is 2. The van der Waals surface area contributed by atoms with E-state index in [0.717, 1.165) is 18.5 Å². The van der Waals surface area contributed by atoms with Gasteiger partial charge in [0.05, 0.1) is 5.52 Å². The van der Waals surface area contributed by atoms with Gasteiger partial charge in [-0.2, -0.15) is 0 Å². The van der Waals surface area contributed by atoms with Crippen LogP contribution >= 0.6 is 0 Å². The number of aromatic hydroxyl groups is 1. The molecule has 14 heavy (non-hydrogen) atoms. The summed E-state index contributed by atoms with van der Waals surface area (Å²) in [6.45, 7) is 2.90. The number of fused-ring (bicyclic) bond motifs is 1. The average Bonchev–Trinajstić information content (AvgIpc) is 2.47. The van der Waals surface area contributed by atoms with E-state index in [1.807, 2.05) is 10.6 Å². The molecule has 1 aromatic carbocycles. The highest BCUT2D eigenvalue weighted by Crippen LogP contribution is 2.25. The first kappa shape index (κ1) is 8.87. The van der Waals surface area contributed by atoms with Crippen molar-refractivity contribution in [3.8, 4) is 5.75 Å². The van der Waals surface area contributed by atoms with Gasteiger partial charge in [-0.25, -0.2) is 4.98 Å². The van der Waals surface area contributed by atoms with Crippen molar-refractivity contribution in [3.63, 3.8) is 0 Å². The fourth-order valence-electron chi connectivity index (χ4n) is 1.61. The number of imidazole rings is 1. The molecule has 2 rings (SSSR count). The van der Waals surface area contributed by atoms with Gasteiger partial charge in [0.2, 0.25) is 5.95 Å². The molecule has 0 saturated heterocycles. The zero-order valence-corrected chi connectivity index (χ0v) is 8.07. The number of nitrogen functional groups attached to an aromatic ring is 1. The summed E-state index contributed by atoms with van der Waals surface area (Å²) >= 11 is 0. The predicted molar refractivity (Wildman–Crippen MR) is 56.1 cm³/mol. The molecule has 4 nitrogen and oxygen atoms in total. The lowest BCUT2D eigenvalue weighted by Gasteiger charge is -2.03. The molecule has 0 unspecified atom stereocenters. The summed E-state index contributed by atoms with van der Waals surface area (Å²) in [5.74, 6) is 0.646. The highest BCUT2D eigenvalue weighted by Gasteiger charge is 2.09. The number of anilines is 1. The first-order valence-electron chi connectivity index (χ1n) is 4.67. The lowest BCUT2D eigenvalue weighted by molar-refractivity contribution is 0.480. The lowest BCUT2D eigenvalue weighted by atomic mass is 10.3. The molecule has 4 heteroatoms. The van der Waals surface area contributed by atoms with E-state index in [1.54, 1.807) is 12.1 Å². The van der Waals surface area contributed by atoms with Crippen molar-refractivity contribution in [2.75, 3.05) is 5.73 Å². The fourth-order valence-corrected chi connectivity index (χ4v) is 1.61. The minimum atomic E-state index is 0.184. The first-order chi connectivity index (χ1) is 6.74. The van der Waals surface area contributed by atoms with Crippen LogP contribution in [-0.4, -0.2) is 14.7 Å². The van der Waals surface area contributed by atoms with Gasteiger partial charge >= 0.3 is 0 Å². The summed E-state index contributed by atoms with van der Waals surface area (Å²) in [4.78, 5) is 4.12. The van der Waals surface area contributed by atoms with Crippen LogP contribution in [0.15, 0.2) is 18.2 Å². The molecule has 0 spiro atoms. The van der Waals surface area contributed by atoms with Crippen molar-refractivity contribution in [1.29, 1.82) is 0 Å².